The minimum Gasteiger partial charge on any atom is -0.339 e. The van der Waals surface area contributed by atoms with Gasteiger partial charge in [-0.05, 0) is 0 Å². The Hall–Kier alpha value is -1.97. The van der Waals surface area contributed by atoms with Gasteiger partial charge in [0.15, 0.2) is 0 Å². The maximum Gasteiger partial charge on any atom is 0.222 e. The van der Waals surface area contributed by atoms with E-state index < -0.39 is 18.1 Å². The van der Waals surface area contributed by atoms with E-state index in [1.807, 2.05) is 60.7 Å². The molecule has 1 aliphatic heterocycles. The monoisotopic (exact) mass is 284 g/mol. The largest absolute Gasteiger partial charge is 0.339 e. The van der Waals surface area contributed by atoms with E-state index in [0.29, 0.717) is 0 Å². The van der Waals surface area contributed by atoms with E-state index in [2.05, 4.69) is 6.58 Å². The Bertz CT molecular complexity index is 558. The van der Waals surface area contributed by atoms with Gasteiger partial charge >= 0.3 is 0 Å². The molecule has 0 amide bonds. The number of benzene rings is 2. The Morgan fingerprint density at radius 2 is 1.57 bits per heavy atom. The molecule has 0 radical (unpaired) electrons. The predicted octanol–water partition coefficient (Wildman–Crippen LogP) is 3.83. The molecule has 1 fully saturated rings. The van der Waals surface area contributed by atoms with Crippen LogP contribution < -0.4 is 0 Å². The first-order chi connectivity index (χ1) is 10.3. The smallest absolute Gasteiger partial charge is 0.222 e. The maximum absolute atomic E-state index is 13.9. The first kappa shape index (κ1) is 14.0. The fourth-order valence-corrected chi connectivity index (χ4v) is 2.57. The molecule has 1 saturated heterocycles. The SMILES string of the molecule is C=C[C@@H](F)[C@H]1COC(c2ccccc2)(c2ccccc2)O1. The molecular formula is C18H17FO2. The number of ether oxygens (including phenoxy) is 2. The summed E-state index contributed by atoms with van der Waals surface area (Å²) < 4.78 is 25.8. The number of rotatable bonds is 4. The van der Waals surface area contributed by atoms with Crippen molar-refractivity contribution in [2.75, 3.05) is 6.61 Å². The quantitative estimate of drug-likeness (QED) is 0.794. The minimum atomic E-state index is -1.25. The summed E-state index contributed by atoms with van der Waals surface area (Å²) >= 11 is 0. The minimum absolute atomic E-state index is 0.191. The highest BCUT2D eigenvalue weighted by Gasteiger charge is 2.46. The zero-order valence-electron chi connectivity index (χ0n) is 11.6. The van der Waals surface area contributed by atoms with Crippen molar-refractivity contribution < 1.29 is 13.9 Å². The van der Waals surface area contributed by atoms with Gasteiger partial charge < -0.3 is 9.47 Å². The van der Waals surface area contributed by atoms with Crippen LogP contribution in [0.15, 0.2) is 73.3 Å². The highest BCUT2D eigenvalue weighted by molar-refractivity contribution is 5.34. The molecule has 2 atom stereocenters. The van der Waals surface area contributed by atoms with E-state index in [1.54, 1.807) is 0 Å². The van der Waals surface area contributed by atoms with Gasteiger partial charge in [-0.15, -0.1) is 6.58 Å². The van der Waals surface area contributed by atoms with Gasteiger partial charge in [-0.1, -0.05) is 66.7 Å². The van der Waals surface area contributed by atoms with Crippen molar-refractivity contribution in [3.8, 4) is 0 Å². The molecule has 0 N–H and O–H groups in total. The van der Waals surface area contributed by atoms with Crippen LogP contribution in [0.1, 0.15) is 11.1 Å². The molecule has 0 saturated carbocycles. The van der Waals surface area contributed by atoms with Gasteiger partial charge in [-0.25, -0.2) is 4.39 Å². The first-order valence-corrected chi connectivity index (χ1v) is 6.96. The summed E-state index contributed by atoms with van der Waals surface area (Å²) in [6, 6.07) is 19.2. The molecule has 0 aliphatic carbocycles. The fraction of sp³-hybridized carbons (Fsp3) is 0.222. The maximum atomic E-state index is 13.9. The standard InChI is InChI=1S/C18H17FO2/c1-2-16(19)17-13-20-18(21-17,14-9-5-3-6-10-14)15-11-7-4-8-12-15/h2-12,16-17H,1,13H2/t16-,17-/m1/s1. The highest BCUT2D eigenvalue weighted by Crippen LogP contribution is 2.41. The van der Waals surface area contributed by atoms with Crippen LogP contribution in [-0.4, -0.2) is 18.9 Å². The zero-order chi connectivity index (χ0) is 14.7. The fourth-order valence-electron chi connectivity index (χ4n) is 2.57. The Morgan fingerprint density at radius 1 is 1.05 bits per heavy atom. The molecule has 21 heavy (non-hydrogen) atoms. The molecule has 2 nitrogen and oxygen atoms in total. The Morgan fingerprint density at radius 3 is 2.05 bits per heavy atom. The molecule has 2 aromatic carbocycles. The number of hydrogen-bond acceptors (Lipinski definition) is 2. The van der Waals surface area contributed by atoms with Gasteiger partial charge in [0.2, 0.25) is 5.79 Å². The first-order valence-electron chi connectivity index (χ1n) is 6.96. The number of alkyl halides is 1. The average Bonchev–Trinajstić information content (AvgIpc) is 3.02. The molecule has 0 aromatic heterocycles. The Balaban J connectivity index is 2.04. The van der Waals surface area contributed by atoms with Gasteiger partial charge in [-0.2, -0.15) is 0 Å². The Kier molecular flexibility index (Phi) is 3.86. The van der Waals surface area contributed by atoms with Crippen LogP contribution in [-0.2, 0) is 15.3 Å². The van der Waals surface area contributed by atoms with E-state index in [-0.39, 0.29) is 6.61 Å². The van der Waals surface area contributed by atoms with Crippen molar-refractivity contribution in [3.05, 3.63) is 84.4 Å². The second kappa shape index (κ2) is 5.80. The average molecular weight is 284 g/mol. The lowest BCUT2D eigenvalue weighted by atomic mass is 9.97. The summed E-state index contributed by atoms with van der Waals surface area (Å²) in [6.07, 6.45) is -0.651. The van der Waals surface area contributed by atoms with E-state index in [1.165, 1.54) is 6.08 Å². The van der Waals surface area contributed by atoms with Crippen LogP contribution in [0, 0.1) is 0 Å². The summed E-state index contributed by atoms with van der Waals surface area (Å²) in [5.74, 6) is -1.06. The van der Waals surface area contributed by atoms with E-state index in [4.69, 9.17) is 9.47 Å². The second-order valence-electron chi connectivity index (χ2n) is 5.00. The molecule has 2 aromatic rings. The lowest BCUT2D eigenvalue weighted by molar-refractivity contribution is -0.147. The van der Waals surface area contributed by atoms with Crippen molar-refractivity contribution in [1.82, 2.24) is 0 Å². The Labute approximate surface area is 123 Å². The van der Waals surface area contributed by atoms with Crippen LogP contribution in [0.3, 0.4) is 0 Å². The predicted molar refractivity (Wildman–Crippen MR) is 79.6 cm³/mol. The lowest BCUT2D eigenvalue weighted by Gasteiger charge is -2.29. The molecule has 0 unspecified atom stereocenters. The summed E-state index contributed by atoms with van der Waals surface area (Å²) in [4.78, 5) is 0. The van der Waals surface area contributed by atoms with Crippen LogP contribution in [0.4, 0.5) is 4.39 Å². The van der Waals surface area contributed by atoms with Crippen LogP contribution in [0.5, 0.6) is 0 Å². The van der Waals surface area contributed by atoms with Crippen molar-refractivity contribution in [2.45, 2.75) is 18.1 Å². The zero-order valence-corrected chi connectivity index (χ0v) is 11.6. The number of halogens is 1. The third kappa shape index (κ3) is 2.50. The van der Waals surface area contributed by atoms with Crippen molar-refractivity contribution in [1.29, 1.82) is 0 Å². The molecule has 0 spiro atoms. The van der Waals surface area contributed by atoms with Gasteiger partial charge in [0.1, 0.15) is 12.3 Å². The summed E-state index contributed by atoms with van der Waals surface area (Å²) in [6.45, 7) is 3.68. The molecule has 3 heteroatoms. The van der Waals surface area contributed by atoms with E-state index in [0.717, 1.165) is 11.1 Å². The molecular weight excluding hydrogens is 267 g/mol. The molecule has 108 valence electrons. The summed E-state index contributed by atoms with van der Waals surface area (Å²) in [7, 11) is 0. The third-order valence-electron chi connectivity index (χ3n) is 3.66. The lowest BCUT2D eigenvalue weighted by Crippen LogP contribution is -2.31. The van der Waals surface area contributed by atoms with Crippen molar-refractivity contribution in [3.63, 3.8) is 0 Å². The number of hydrogen-bond donors (Lipinski definition) is 0. The second-order valence-corrected chi connectivity index (χ2v) is 5.00. The molecule has 1 aliphatic rings. The van der Waals surface area contributed by atoms with Crippen molar-refractivity contribution in [2.24, 2.45) is 0 Å². The normalized spacial score (nSPS) is 21.9. The van der Waals surface area contributed by atoms with E-state index >= 15 is 0 Å². The van der Waals surface area contributed by atoms with Crippen LogP contribution in [0.25, 0.3) is 0 Å². The van der Waals surface area contributed by atoms with Crippen LogP contribution in [0.2, 0.25) is 0 Å². The van der Waals surface area contributed by atoms with Gasteiger partial charge in [-0.3, -0.25) is 0 Å². The summed E-state index contributed by atoms with van der Waals surface area (Å²) in [5, 5.41) is 0. The topological polar surface area (TPSA) is 18.5 Å². The van der Waals surface area contributed by atoms with E-state index in [9.17, 15) is 4.39 Å². The van der Waals surface area contributed by atoms with Gasteiger partial charge in [0, 0.05) is 11.1 Å². The van der Waals surface area contributed by atoms with Gasteiger partial charge in [0.25, 0.3) is 0 Å². The van der Waals surface area contributed by atoms with Crippen LogP contribution >= 0.6 is 0 Å². The molecule has 1 heterocycles. The highest BCUT2D eigenvalue weighted by atomic mass is 19.1. The molecule has 3 rings (SSSR count). The van der Waals surface area contributed by atoms with Crippen molar-refractivity contribution >= 4 is 0 Å². The molecule has 0 bridgehead atoms. The summed E-state index contributed by atoms with van der Waals surface area (Å²) in [5.41, 5.74) is 1.71. The van der Waals surface area contributed by atoms with Gasteiger partial charge in [0.05, 0.1) is 6.61 Å². The third-order valence-corrected chi connectivity index (χ3v) is 3.66.